The fourth-order valence-electron chi connectivity index (χ4n) is 0.759. The summed E-state index contributed by atoms with van der Waals surface area (Å²) in [6.07, 6.45) is 0. The van der Waals surface area contributed by atoms with Gasteiger partial charge in [-0.1, -0.05) is 13.8 Å². The van der Waals surface area contributed by atoms with E-state index in [0.29, 0.717) is 6.04 Å². The van der Waals surface area contributed by atoms with Gasteiger partial charge in [0.25, 0.3) is 0 Å². The van der Waals surface area contributed by atoms with Gasteiger partial charge >= 0.3 is 0 Å². The average molecular weight is 144 g/mol. The van der Waals surface area contributed by atoms with Gasteiger partial charge in [0.1, 0.15) is 0 Å². The Morgan fingerprint density at radius 3 is 2.00 bits per heavy atom. The number of nitrogens with zero attached hydrogens (tertiary/aromatic N) is 1. The molecule has 0 spiro atoms. The maximum absolute atomic E-state index is 3.37. The van der Waals surface area contributed by atoms with Crippen molar-refractivity contribution >= 4 is 0 Å². The topological polar surface area (TPSA) is 15.3 Å². The Kier molecular flexibility index (Phi) is 5.64. The molecule has 0 heterocycles. The third kappa shape index (κ3) is 4.77. The summed E-state index contributed by atoms with van der Waals surface area (Å²) in [5.41, 5.74) is 0. The molecule has 2 heteroatoms. The van der Waals surface area contributed by atoms with Crippen LogP contribution in [0.2, 0.25) is 0 Å². The average Bonchev–Trinajstić information content (AvgIpc) is 1.90. The Bertz CT molecular complexity index is 67.7. The Morgan fingerprint density at radius 1 is 1.20 bits per heavy atom. The Balaban J connectivity index is 3.26. The van der Waals surface area contributed by atoms with Crippen LogP contribution in [0.25, 0.3) is 0 Å². The lowest BCUT2D eigenvalue weighted by atomic mass is 10.4. The summed E-state index contributed by atoms with van der Waals surface area (Å²) >= 11 is 0. The molecular weight excluding hydrogens is 124 g/mol. The highest BCUT2D eigenvalue weighted by Gasteiger charge is 1.97. The summed E-state index contributed by atoms with van der Waals surface area (Å²) in [7, 11) is 0. The number of hydrogen-bond donors (Lipinski definition) is 1. The van der Waals surface area contributed by atoms with Gasteiger partial charge in [0.15, 0.2) is 0 Å². The second-order valence-corrected chi connectivity index (χ2v) is 2.82. The molecule has 0 bridgehead atoms. The van der Waals surface area contributed by atoms with Crippen LogP contribution in [-0.4, -0.2) is 30.7 Å². The third-order valence-corrected chi connectivity index (χ3v) is 1.62. The second kappa shape index (κ2) is 5.69. The molecule has 0 aromatic carbocycles. The van der Waals surface area contributed by atoms with Gasteiger partial charge < -0.3 is 5.32 Å². The van der Waals surface area contributed by atoms with E-state index in [0.717, 1.165) is 19.8 Å². The quantitative estimate of drug-likeness (QED) is 0.585. The summed E-state index contributed by atoms with van der Waals surface area (Å²) in [4.78, 5) is 2.36. The summed E-state index contributed by atoms with van der Waals surface area (Å²) < 4.78 is 0. The first-order chi connectivity index (χ1) is 4.70. The monoisotopic (exact) mass is 144 g/mol. The van der Waals surface area contributed by atoms with E-state index >= 15 is 0 Å². The lowest BCUT2D eigenvalue weighted by Gasteiger charge is -2.20. The zero-order valence-electron chi connectivity index (χ0n) is 7.65. The maximum Gasteiger partial charge on any atom is 0.0482 e. The van der Waals surface area contributed by atoms with Crippen LogP contribution in [0, 0.1) is 0 Å². The molecule has 0 saturated heterocycles. The zero-order chi connectivity index (χ0) is 7.98. The van der Waals surface area contributed by atoms with Crippen LogP contribution < -0.4 is 5.32 Å². The molecule has 0 aliphatic heterocycles. The summed E-state index contributed by atoms with van der Waals surface area (Å²) in [5, 5.41) is 3.37. The van der Waals surface area contributed by atoms with Gasteiger partial charge in [0.2, 0.25) is 0 Å². The van der Waals surface area contributed by atoms with E-state index in [4.69, 9.17) is 0 Å². The molecule has 2 nitrogen and oxygen atoms in total. The fourth-order valence-corrected chi connectivity index (χ4v) is 0.759. The summed E-state index contributed by atoms with van der Waals surface area (Å²) in [6.45, 7) is 12.0. The van der Waals surface area contributed by atoms with E-state index in [-0.39, 0.29) is 0 Å². The van der Waals surface area contributed by atoms with E-state index < -0.39 is 0 Å². The minimum absolute atomic E-state index is 0.598. The van der Waals surface area contributed by atoms with Gasteiger partial charge in [-0.2, -0.15) is 0 Å². The van der Waals surface area contributed by atoms with Gasteiger partial charge in [-0.15, -0.1) is 0 Å². The van der Waals surface area contributed by atoms with Crippen LogP contribution >= 0.6 is 0 Å². The summed E-state index contributed by atoms with van der Waals surface area (Å²) in [6, 6.07) is 0.598. The van der Waals surface area contributed by atoms with E-state index in [9.17, 15) is 0 Å². The van der Waals surface area contributed by atoms with Crippen molar-refractivity contribution in [1.29, 1.82) is 0 Å². The van der Waals surface area contributed by atoms with Crippen LogP contribution in [-0.2, 0) is 0 Å². The van der Waals surface area contributed by atoms with Crippen LogP contribution in [0.1, 0.15) is 27.7 Å². The van der Waals surface area contributed by atoms with Crippen molar-refractivity contribution in [1.82, 2.24) is 10.2 Å². The maximum atomic E-state index is 3.37. The standard InChI is InChI=1S/C8H20N2/c1-5-10(6-2)7-9-8(3)4/h8-9H,5-7H2,1-4H3. The predicted molar refractivity (Wildman–Crippen MR) is 46.1 cm³/mol. The van der Waals surface area contributed by atoms with E-state index in [1.807, 2.05) is 0 Å². The highest BCUT2D eigenvalue weighted by Crippen LogP contribution is 1.84. The van der Waals surface area contributed by atoms with E-state index in [1.165, 1.54) is 0 Å². The first-order valence-corrected chi connectivity index (χ1v) is 4.16. The van der Waals surface area contributed by atoms with Gasteiger partial charge in [0, 0.05) is 12.7 Å². The highest BCUT2D eigenvalue weighted by atomic mass is 15.2. The van der Waals surface area contributed by atoms with Crippen molar-refractivity contribution in [2.75, 3.05) is 19.8 Å². The van der Waals surface area contributed by atoms with E-state index in [2.05, 4.69) is 37.9 Å². The molecule has 0 aliphatic rings. The minimum Gasteiger partial charge on any atom is -0.302 e. The Labute approximate surface area is 64.6 Å². The molecule has 0 amide bonds. The molecule has 0 fully saturated rings. The molecule has 1 N–H and O–H groups in total. The normalized spacial score (nSPS) is 11.4. The predicted octanol–water partition coefficient (Wildman–Crippen LogP) is 1.28. The zero-order valence-corrected chi connectivity index (χ0v) is 7.65. The van der Waals surface area contributed by atoms with Crippen molar-refractivity contribution < 1.29 is 0 Å². The largest absolute Gasteiger partial charge is 0.302 e. The lowest BCUT2D eigenvalue weighted by molar-refractivity contribution is 0.269. The summed E-state index contributed by atoms with van der Waals surface area (Å²) in [5.74, 6) is 0. The van der Waals surface area contributed by atoms with E-state index in [1.54, 1.807) is 0 Å². The number of hydrogen-bond acceptors (Lipinski definition) is 2. The molecule has 0 aliphatic carbocycles. The molecule has 10 heavy (non-hydrogen) atoms. The Hall–Kier alpha value is -0.0800. The Morgan fingerprint density at radius 2 is 1.70 bits per heavy atom. The third-order valence-electron chi connectivity index (χ3n) is 1.62. The molecule has 0 rings (SSSR count). The van der Waals surface area contributed by atoms with Gasteiger partial charge in [-0.25, -0.2) is 0 Å². The molecule has 62 valence electrons. The molecular formula is C8H20N2. The molecule has 0 aromatic rings. The van der Waals surface area contributed by atoms with Crippen molar-refractivity contribution in [2.24, 2.45) is 0 Å². The SMILES string of the molecule is CCN(CC)CNC(C)C. The van der Waals surface area contributed by atoms with Crippen molar-refractivity contribution in [3.8, 4) is 0 Å². The molecule has 0 saturated carbocycles. The minimum atomic E-state index is 0.598. The molecule has 0 aromatic heterocycles. The smallest absolute Gasteiger partial charge is 0.0482 e. The van der Waals surface area contributed by atoms with Crippen LogP contribution in [0.5, 0.6) is 0 Å². The van der Waals surface area contributed by atoms with Crippen LogP contribution in [0.3, 0.4) is 0 Å². The first-order valence-electron chi connectivity index (χ1n) is 4.16. The van der Waals surface area contributed by atoms with Gasteiger partial charge in [0.05, 0.1) is 0 Å². The van der Waals surface area contributed by atoms with Crippen molar-refractivity contribution in [2.45, 2.75) is 33.7 Å². The lowest BCUT2D eigenvalue weighted by Crippen LogP contribution is -2.37. The molecule has 0 radical (unpaired) electrons. The van der Waals surface area contributed by atoms with Crippen LogP contribution in [0.4, 0.5) is 0 Å². The second-order valence-electron chi connectivity index (χ2n) is 2.82. The highest BCUT2D eigenvalue weighted by molar-refractivity contribution is 4.53. The van der Waals surface area contributed by atoms with Crippen molar-refractivity contribution in [3.63, 3.8) is 0 Å². The van der Waals surface area contributed by atoms with Crippen molar-refractivity contribution in [3.05, 3.63) is 0 Å². The molecule has 0 unspecified atom stereocenters. The first kappa shape index (κ1) is 9.92. The van der Waals surface area contributed by atoms with Gasteiger partial charge in [-0.05, 0) is 26.9 Å². The number of nitrogens with one attached hydrogen (secondary N) is 1. The molecule has 0 atom stereocenters. The fraction of sp³-hybridized carbons (Fsp3) is 1.00. The van der Waals surface area contributed by atoms with Crippen LogP contribution in [0.15, 0.2) is 0 Å². The number of rotatable bonds is 5. The van der Waals surface area contributed by atoms with Gasteiger partial charge in [-0.3, -0.25) is 4.90 Å².